The Balaban J connectivity index is 1.77. The number of amides is 2. The average molecular weight is 437 g/mol. The van der Waals surface area contributed by atoms with E-state index in [1.165, 1.54) is 0 Å². The highest BCUT2D eigenvalue weighted by Gasteiger charge is 2.16. The lowest BCUT2D eigenvalue weighted by molar-refractivity contribution is 0.0941. The third-order valence-corrected chi connectivity index (χ3v) is 5.36. The predicted molar refractivity (Wildman–Crippen MR) is 116 cm³/mol. The van der Waals surface area contributed by atoms with Crippen molar-refractivity contribution in [1.82, 2.24) is 5.32 Å². The Labute approximate surface area is 173 Å². The van der Waals surface area contributed by atoms with E-state index in [1.54, 1.807) is 36.4 Å². The van der Waals surface area contributed by atoms with Crippen LogP contribution in [0.15, 0.2) is 77.3 Å². The average Bonchev–Trinajstić information content (AvgIpc) is 2.71. The summed E-state index contributed by atoms with van der Waals surface area (Å²) in [5.41, 5.74) is 3.48. The highest BCUT2D eigenvalue weighted by molar-refractivity contribution is 9.10. The predicted octanol–water partition coefficient (Wildman–Crippen LogP) is 5.50. The van der Waals surface area contributed by atoms with Crippen LogP contribution < -0.4 is 10.6 Å². The number of halogens is 1. The Morgan fingerprint density at radius 2 is 1.57 bits per heavy atom. The largest absolute Gasteiger partial charge is 0.345 e. The fourth-order valence-corrected chi connectivity index (χ4v) is 3.20. The summed E-state index contributed by atoms with van der Waals surface area (Å²) in [4.78, 5) is 25.4. The van der Waals surface area contributed by atoms with E-state index >= 15 is 0 Å². The first-order chi connectivity index (χ1) is 13.5. The number of hydrogen-bond donors (Lipinski definition) is 2. The molecule has 1 unspecified atom stereocenters. The molecule has 0 spiro atoms. The van der Waals surface area contributed by atoms with Gasteiger partial charge >= 0.3 is 0 Å². The Bertz CT molecular complexity index is 1000. The van der Waals surface area contributed by atoms with Crippen LogP contribution in [0.1, 0.15) is 44.8 Å². The number of benzene rings is 3. The van der Waals surface area contributed by atoms with E-state index in [2.05, 4.69) is 26.6 Å². The topological polar surface area (TPSA) is 58.2 Å². The molecule has 0 saturated carbocycles. The summed E-state index contributed by atoms with van der Waals surface area (Å²) in [5.74, 6) is -0.505. The Hall–Kier alpha value is -2.92. The molecule has 3 aromatic carbocycles. The number of para-hydroxylation sites is 1. The van der Waals surface area contributed by atoms with Gasteiger partial charge in [0.1, 0.15) is 0 Å². The lowest BCUT2D eigenvalue weighted by Crippen LogP contribution is -2.28. The van der Waals surface area contributed by atoms with Crippen LogP contribution in [0, 0.1) is 6.92 Å². The molecule has 0 bridgehead atoms. The second kappa shape index (κ2) is 8.85. The maximum absolute atomic E-state index is 12.8. The first-order valence-corrected chi connectivity index (χ1v) is 9.77. The van der Waals surface area contributed by atoms with Crippen LogP contribution in [0.2, 0.25) is 0 Å². The fraction of sp³-hybridized carbons (Fsp3) is 0.130. The molecule has 2 amide bonds. The van der Waals surface area contributed by atoms with E-state index in [0.29, 0.717) is 16.8 Å². The number of anilines is 1. The Morgan fingerprint density at radius 3 is 2.29 bits per heavy atom. The zero-order chi connectivity index (χ0) is 20.1. The number of carbonyl (C=O) groups excluding carboxylic acids is 2. The van der Waals surface area contributed by atoms with Crippen molar-refractivity contribution in [2.75, 3.05) is 5.32 Å². The minimum Gasteiger partial charge on any atom is -0.345 e. The molecule has 0 saturated heterocycles. The highest BCUT2D eigenvalue weighted by atomic mass is 79.9. The van der Waals surface area contributed by atoms with E-state index in [4.69, 9.17) is 0 Å². The summed E-state index contributed by atoms with van der Waals surface area (Å²) in [6.45, 7) is 3.89. The zero-order valence-electron chi connectivity index (χ0n) is 15.7. The molecule has 0 fully saturated rings. The molecule has 4 nitrogen and oxygen atoms in total. The lowest BCUT2D eigenvalue weighted by Gasteiger charge is -2.16. The molecule has 0 aliphatic heterocycles. The SMILES string of the molecule is Cc1ccc(C(=O)Nc2ccccc2C(=O)NC(C)c2ccccc2)cc1Br. The lowest BCUT2D eigenvalue weighted by atomic mass is 10.1. The van der Waals surface area contributed by atoms with Gasteiger partial charge in [0.25, 0.3) is 11.8 Å². The van der Waals surface area contributed by atoms with Crippen molar-refractivity contribution in [2.24, 2.45) is 0 Å². The van der Waals surface area contributed by atoms with Crippen LogP contribution >= 0.6 is 15.9 Å². The van der Waals surface area contributed by atoms with E-state index in [-0.39, 0.29) is 17.9 Å². The van der Waals surface area contributed by atoms with Gasteiger partial charge in [-0.25, -0.2) is 0 Å². The minimum absolute atomic E-state index is 0.148. The summed E-state index contributed by atoms with van der Waals surface area (Å²) in [5, 5.41) is 5.83. The van der Waals surface area contributed by atoms with Gasteiger partial charge in [-0.2, -0.15) is 0 Å². The fourth-order valence-electron chi connectivity index (χ4n) is 2.82. The van der Waals surface area contributed by atoms with Crippen LogP contribution in [-0.4, -0.2) is 11.8 Å². The van der Waals surface area contributed by atoms with E-state index in [0.717, 1.165) is 15.6 Å². The number of rotatable bonds is 5. The molecule has 2 N–H and O–H groups in total. The smallest absolute Gasteiger partial charge is 0.255 e. The number of nitrogens with one attached hydrogen (secondary N) is 2. The molecule has 0 heterocycles. The molecular formula is C23H21BrN2O2. The van der Waals surface area contributed by atoms with Gasteiger partial charge in [-0.3, -0.25) is 9.59 Å². The summed E-state index contributed by atoms with van der Waals surface area (Å²) in [6, 6.07) is 22.0. The van der Waals surface area contributed by atoms with E-state index < -0.39 is 0 Å². The summed E-state index contributed by atoms with van der Waals surface area (Å²) in [7, 11) is 0. The van der Waals surface area contributed by atoms with Crippen molar-refractivity contribution in [3.05, 3.63) is 99.5 Å². The third kappa shape index (κ3) is 4.67. The Kier molecular flexibility index (Phi) is 6.26. The molecule has 5 heteroatoms. The van der Waals surface area contributed by atoms with E-state index in [9.17, 15) is 9.59 Å². The Morgan fingerprint density at radius 1 is 0.893 bits per heavy atom. The van der Waals surface area contributed by atoms with Crippen LogP contribution in [0.4, 0.5) is 5.69 Å². The normalized spacial score (nSPS) is 11.5. The van der Waals surface area contributed by atoms with Gasteiger partial charge in [-0.15, -0.1) is 0 Å². The van der Waals surface area contributed by atoms with Gasteiger partial charge in [-0.1, -0.05) is 64.5 Å². The molecule has 0 aromatic heterocycles. The standard InChI is InChI=1S/C23H21BrN2O2/c1-15-12-13-18(14-20(15)24)22(27)26-21-11-7-6-10-19(21)23(28)25-16(2)17-8-4-3-5-9-17/h3-14,16H,1-2H3,(H,25,28)(H,26,27). The van der Waals surface area contributed by atoms with Crippen molar-refractivity contribution >= 4 is 33.4 Å². The summed E-state index contributed by atoms with van der Waals surface area (Å²) < 4.78 is 0.864. The summed E-state index contributed by atoms with van der Waals surface area (Å²) in [6.07, 6.45) is 0. The number of aryl methyl sites for hydroxylation is 1. The van der Waals surface area contributed by atoms with Gasteiger partial charge in [0, 0.05) is 10.0 Å². The van der Waals surface area contributed by atoms with Gasteiger partial charge < -0.3 is 10.6 Å². The van der Waals surface area contributed by atoms with Crippen LogP contribution in [-0.2, 0) is 0 Å². The minimum atomic E-state index is -0.267. The highest BCUT2D eigenvalue weighted by Crippen LogP contribution is 2.21. The second-order valence-corrected chi connectivity index (χ2v) is 7.42. The monoisotopic (exact) mass is 436 g/mol. The molecule has 142 valence electrons. The molecule has 3 rings (SSSR count). The molecule has 3 aromatic rings. The van der Waals surface area contributed by atoms with Crippen LogP contribution in [0.3, 0.4) is 0 Å². The van der Waals surface area contributed by atoms with Crippen LogP contribution in [0.5, 0.6) is 0 Å². The third-order valence-electron chi connectivity index (χ3n) is 4.50. The van der Waals surface area contributed by atoms with Gasteiger partial charge in [0.15, 0.2) is 0 Å². The van der Waals surface area contributed by atoms with Gasteiger partial charge in [0.05, 0.1) is 17.3 Å². The molecular weight excluding hydrogens is 416 g/mol. The van der Waals surface area contributed by atoms with Crippen molar-refractivity contribution < 1.29 is 9.59 Å². The second-order valence-electron chi connectivity index (χ2n) is 6.57. The first-order valence-electron chi connectivity index (χ1n) is 8.98. The maximum Gasteiger partial charge on any atom is 0.255 e. The number of hydrogen-bond acceptors (Lipinski definition) is 2. The summed E-state index contributed by atoms with van der Waals surface area (Å²) >= 11 is 3.44. The van der Waals surface area contributed by atoms with Crippen molar-refractivity contribution in [3.8, 4) is 0 Å². The van der Waals surface area contributed by atoms with Crippen molar-refractivity contribution in [3.63, 3.8) is 0 Å². The quantitative estimate of drug-likeness (QED) is 0.554. The van der Waals surface area contributed by atoms with Crippen LogP contribution in [0.25, 0.3) is 0 Å². The van der Waals surface area contributed by atoms with Gasteiger partial charge in [-0.05, 0) is 49.2 Å². The zero-order valence-corrected chi connectivity index (χ0v) is 17.3. The van der Waals surface area contributed by atoms with Crippen molar-refractivity contribution in [1.29, 1.82) is 0 Å². The molecule has 0 aliphatic carbocycles. The molecule has 0 aliphatic rings. The number of carbonyl (C=O) groups is 2. The maximum atomic E-state index is 12.8. The van der Waals surface area contributed by atoms with Gasteiger partial charge in [0.2, 0.25) is 0 Å². The van der Waals surface area contributed by atoms with Crippen molar-refractivity contribution in [2.45, 2.75) is 19.9 Å². The van der Waals surface area contributed by atoms with E-state index in [1.807, 2.05) is 50.2 Å². The molecule has 1 atom stereocenters. The molecule has 0 radical (unpaired) electrons. The molecule has 28 heavy (non-hydrogen) atoms. The first kappa shape index (κ1) is 19.8.